The number of fused-ring (bicyclic) bond motifs is 2. The van der Waals surface area contributed by atoms with E-state index >= 15 is 0 Å². The first-order valence-electron chi connectivity index (χ1n) is 25.7. The third-order valence-corrected chi connectivity index (χ3v) is 12.5. The molecule has 6 aromatic rings. The average Bonchev–Trinajstić information content (AvgIpc) is 4.16. The Bertz CT molecular complexity index is 3100. The normalized spacial score (nSPS) is 17.0. The van der Waals surface area contributed by atoms with Crippen LogP contribution in [0.2, 0.25) is 0 Å². The number of nitriles is 2. The van der Waals surface area contributed by atoms with Gasteiger partial charge in [0.05, 0.1) is 46.5 Å². The summed E-state index contributed by atoms with van der Waals surface area (Å²) >= 11 is 0. The van der Waals surface area contributed by atoms with Crippen molar-refractivity contribution < 1.29 is 81.7 Å². The smallest absolute Gasteiger partial charge is 0.793 e. The van der Waals surface area contributed by atoms with Gasteiger partial charge in [0.2, 0.25) is 29.4 Å². The van der Waals surface area contributed by atoms with E-state index in [4.69, 9.17) is 34.2 Å². The molecule has 0 aliphatic carbocycles. The molecule has 0 saturated carbocycles. The Labute approximate surface area is 481 Å². The fourth-order valence-corrected chi connectivity index (χ4v) is 8.97. The number of nitrogens with two attached hydrogens (primary N) is 1. The van der Waals surface area contributed by atoms with Gasteiger partial charge in [0.15, 0.2) is 0 Å². The van der Waals surface area contributed by atoms with Crippen LogP contribution in [0.25, 0.3) is 44.6 Å². The summed E-state index contributed by atoms with van der Waals surface area (Å²) in [6, 6.07) is 17.5. The molecule has 4 aromatic heterocycles. The van der Waals surface area contributed by atoms with Gasteiger partial charge < -0.3 is 52.1 Å². The molecule has 8 heterocycles. The molecule has 4 aliphatic heterocycles. The van der Waals surface area contributed by atoms with Crippen LogP contribution in [0.1, 0.15) is 106 Å². The zero-order valence-corrected chi connectivity index (χ0v) is 48.1. The molecule has 3 N–H and O–H groups in total. The maximum Gasteiger partial charge on any atom is 1.00 e. The fourth-order valence-electron chi connectivity index (χ4n) is 8.97. The summed E-state index contributed by atoms with van der Waals surface area (Å²) in [5.41, 5.74) is 11.6. The van der Waals surface area contributed by atoms with E-state index in [1.165, 1.54) is 13.3 Å². The number of benzene rings is 2. The molecule has 4 fully saturated rings. The molecule has 23 nitrogen and oxygen atoms in total. The molecular formula is C54H65BN12NaO11. The molecule has 2 aromatic carbocycles. The second-order valence-corrected chi connectivity index (χ2v) is 19.1. The van der Waals surface area contributed by atoms with Gasteiger partial charge >= 0.3 is 41.5 Å². The van der Waals surface area contributed by atoms with E-state index in [-0.39, 0.29) is 35.3 Å². The minimum Gasteiger partial charge on any atom is -0.793 e. The Kier molecular flexibility index (Phi) is 24.7. The first-order valence-corrected chi connectivity index (χ1v) is 25.7. The van der Waals surface area contributed by atoms with E-state index in [9.17, 15) is 29.7 Å². The van der Waals surface area contributed by atoms with E-state index in [1.807, 2.05) is 50.2 Å². The summed E-state index contributed by atoms with van der Waals surface area (Å²) in [7, 11) is 4.32. The zero-order valence-electron chi connectivity index (χ0n) is 46.1. The Balaban J connectivity index is 0.000000216. The van der Waals surface area contributed by atoms with Crippen LogP contribution in [0.5, 0.6) is 0 Å². The van der Waals surface area contributed by atoms with Crippen molar-refractivity contribution in [2.24, 2.45) is 5.73 Å². The van der Waals surface area contributed by atoms with Gasteiger partial charge in [-0.3, -0.25) is 9.59 Å². The molecule has 79 heavy (non-hydrogen) atoms. The van der Waals surface area contributed by atoms with Gasteiger partial charge in [0.1, 0.15) is 29.6 Å². The number of Topliss-reactive ketones (excluding diaryl/α,β-unsaturated/α-hetero) is 1. The van der Waals surface area contributed by atoms with E-state index < -0.39 is 17.9 Å². The van der Waals surface area contributed by atoms with Crippen LogP contribution in [0.3, 0.4) is 0 Å². The van der Waals surface area contributed by atoms with Crippen molar-refractivity contribution in [3.8, 4) is 34.9 Å². The summed E-state index contributed by atoms with van der Waals surface area (Å²) in [4.78, 5) is 71.3. The predicted octanol–water partition coefficient (Wildman–Crippen LogP) is 3.24. The van der Waals surface area contributed by atoms with Crippen molar-refractivity contribution in [3.05, 3.63) is 70.4 Å². The Morgan fingerprint density at radius 3 is 1.47 bits per heavy atom. The molecule has 2 atom stereocenters. The number of aromatic nitrogens is 6. The summed E-state index contributed by atoms with van der Waals surface area (Å²) in [6.45, 7) is 17.3. The van der Waals surface area contributed by atoms with Gasteiger partial charge in [-0.05, 0) is 99.9 Å². The number of nitrogens with one attached hydrogen (secondary N) is 1. The number of carbonyl (C=O) groups is 4. The number of carbonyl (C=O) groups excluding carboxylic acids is 4. The molecule has 4 saturated heterocycles. The van der Waals surface area contributed by atoms with Crippen molar-refractivity contribution >= 4 is 65.2 Å². The van der Waals surface area contributed by atoms with Gasteiger partial charge in [-0.25, -0.2) is 29.3 Å². The van der Waals surface area contributed by atoms with Gasteiger partial charge in [-0.1, -0.05) is 10.3 Å². The van der Waals surface area contributed by atoms with Crippen LogP contribution < -0.4 is 50.4 Å². The topological polar surface area (TPSA) is 310 Å². The number of hydrogen-bond acceptors (Lipinski definition) is 23. The first kappa shape index (κ1) is 62.9. The van der Waals surface area contributed by atoms with Crippen LogP contribution >= 0.6 is 0 Å². The molecule has 25 heteroatoms. The molecule has 10 rings (SSSR count). The van der Waals surface area contributed by atoms with Crippen LogP contribution in [0.15, 0.2) is 45.4 Å². The van der Waals surface area contributed by atoms with Crippen molar-refractivity contribution in [3.63, 3.8) is 0 Å². The number of piperidine rings is 2. The predicted molar refractivity (Wildman–Crippen MR) is 286 cm³/mol. The number of anilines is 2. The molecule has 411 valence electrons. The van der Waals surface area contributed by atoms with Gasteiger partial charge in [0.25, 0.3) is 0 Å². The van der Waals surface area contributed by atoms with Crippen LogP contribution in [-0.2, 0) is 43.1 Å². The molecule has 3 radical (unpaired) electrons. The molecule has 0 unspecified atom stereocenters. The Morgan fingerprint density at radius 1 is 0.658 bits per heavy atom. The van der Waals surface area contributed by atoms with Crippen LogP contribution in [0, 0.1) is 50.4 Å². The molecule has 0 bridgehead atoms. The molecule has 0 spiro atoms. The Hall–Kier alpha value is -6.90. The van der Waals surface area contributed by atoms with Gasteiger partial charge in [-0.2, -0.15) is 20.5 Å². The minimum absolute atomic E-state index is 0. The van der Waals surface area contributed by atoms with Crippen molar-refractivity contribution in [2.75, 3.05) is 62.4 Å². The number of hydrogen-bond donors (Lipinski definition) is 2. The SMILES string of the molecule is CC(=O)OOC(C)=O.Cc1cc(C#N)c2nc(N3CCC(=O)CC3)c(-c3noc(C)n3)cc2c1.Cc1cc(C#N)c2nc(N3CCC(N[C@@H]4CCCOC4)CC3)c(-c3noc(C)n3)cc2c1.N[C@@H]1CCCOC1.[B-]OC(C)=O.[Na+]. The number of nitrogens with zero attached hydrogens (tertiary/aromatic N) is 10. The minimum atomic E-state index is -0.639. The largest absolute Gasteiger partial charge is 1.00 e. The van der Waals surface area contributed by atoms with E-state index in [1.54, 1.807) is 13.8 Å². The third-order valence-electron chi connectivity index (χ3n) is 12.5. The summed E-state index contributed by atoms with van der Waals surface area (Å²) < 4.78 is 24.7. The third kappa shape index (κ3) is 18.9. The number of ketones is 1. The number of pyridine rings is 2. The standard InChI is InChI=1S/C24H28N6O2.C19H17N5O2.C5H11NO.C4H6O4.C2H3BO2.Na/c1-15-10-17-12-21(23-26-16(2)32-29-23)24(28-22(17)18(11-15)13-25)30-7-5-19(6-8-30)27-20-4-3-9-31-14-20;1-11-7-13-9-16(18-21-12(2)26-23-18)19(22-17(13)14(8-11)10-20)24-5-3-15(25)4-6-24;6-5-2-1-3-7-4-5;1-3(5)7-8-4(2)6;1-2(4)5-3;/h10-12,19-20,27H,3-9,14H2,1-2H3;7-9H,3-6H2,1-2H3;5H,1-4,6H2;1-2H3;1H3;/q;;;;-1;+1/t20-;;5-;;;/m1.1.../s1. The second kappa shape index (κ2) is 31.0. The van der Waals surface area contributed by atoms with Crippen molar-refractivity contribution in [1.82, 2.24) is 35.6 Å². The number of ether oxygens (including phenoxy) is 2. The number of aryl methyl sites for hydroxylation is 4. The quantitative estimate of drug-likeness (QED) is 0.137. The molecular weight excluding hydrogens is 1030 g/mol. The van der Waals surface area contributed by atoms with Crippen LogP contribution in [0.4, 0.5) is 11.6 Å². The Morgan fingerprint density at radius 2 is 1.11 bits per heavy atom. The van der Waals surface area contributed by atoms with Crippen molar-refractivity contribution in [1.29, 1.82) is 10.5 Å². The van der Waals surface area contributed by atoms with E-state index in [0.717, 1.165) is 130 Å². The molecule has 4 aliphatic rings. The fraction of sp³-hybridized carbons (Fsp3) is 0.481. The maximum absolute atomic E-state index is 11.6. The van der Waals surface area contributed by atoms with Crippen LogP contribution in [-0.4, -0.2) is 133 Å². The van der Waals surface area contributed by atoms with E-state index in [0.29, 0.717) is 89.9 Å². The van der Waals surface area contributed by atoms with Crippen molar-refractivity contribution in [2.45, 2.75) is 118 Å². The summed E-state index contributed by atoms with van der Waals surface area (Å²) in [5, 5.41) is 32.9. The van der Waals surface area contributed by atoms with E-state index in [2.05, 4.69) is 70.0 Å². The first-order chi connectivity index (χ1) is 37.4. The zero-order chi connectivity index (χ0) is 56.3. The maximum atomic E-state index is 11.6. The number of rotatable bonds is 6. The molecule has 0 amide bonds. The summed E-state index contributed by atoms with van der Waals surface area (Å²) in [5.74, 6) is 2.00. The summed E-state index contributed by atoms with van der Waals surface area (Å²) in [6.07, 6.45) is 7.63. The second-order valence-electron chi connectivity index (χ2n) is 19.1. The van der Waals surface area contributed by atoms with Gasteiger partial charge in [0, 0.05) is 116 Å². The monoisotopic (exact) mass is 1090 g/mol. The van der Waals surface area contributed by atoms with Gasteiger partial charge in [-0.15, -0.1) is 0 Å². The average molecular weight is 1090 g/mol.